The van der Waals surface area contributed by atoms with Crippen LogP contribution in [0.3, 0.4) is 0 Å². The van der Waals surface area contributed by atoms with Gasteiger partial charge in [0, 0.05) is 52.1 Å². The highest BCUT2D eigenvalue weighted by molar-refractivity contribution is 14.0. The Bertz CT molecular complexity index is 548. The predicted octanol–water partition coefficient (Wildman–Crippen LogP) is 1.15. The van der Waals surface area contributed by atoms with Gasteiger partial charge in [-0.15, -0.1) is 24.0 Å². The normalized spacial score (nSPS) is 14.6. The van der Waals surface area contributed by atoms with Gasteiger partial charge in [0.2, 0.25) is 5.91 Å². The lowest BCUT2D eigenvalue weighted by atomic mass is 10.2. The minimum Gasteiger partial charge on any atom is -0.383 e. The maximum Gasteiger partial charge on any atom is 0.244 e. The number of nitrogens with zero attached hydrogens (tertiary/aromatic N) is 3. The fourth-order valence-electron chi connectivity index (χ4n) is 2.71. The number of aliphatic imine (C=N–C) groups is 1. The van der Waals surface area contributed by atoms with E-state index in [2.05, 4.69) is 32.7 Å². The largest absolute Gasteiger partial charge is 0.383 e. The number of rotatable bonds is 7. The van der Waals surface area contributed by atoms with Crippen LogP contribution in [-0.2, 0) is 9.53 Å². The third kappa shape index (κ3) is 7.36. The standard InChI is InChI=1S/C18H29N5O2.HI/c1-3-19-18(20-9-14-25-2)21-15-17(24)23-12-10-22(11-13-23)16-7-5-4-6-8-16;/h4-8H,3,9-15H2,1-2H3,(H2,19,20,21);1H. The summed E-state index contributed by atoms with van der Waals surface area (Å²) in [7, 11) is 1.66. The molecule has 1 aromatic carbocycles. The highest BCUT2D eigenvalue weighted by Gasteiger charge is 2.20. The Morgan fingerprint density at radius 1 is 1.15 bits per heavy atom. The van der Waals surface area contributed by atoms with Crippen molar-refractivity contribution in [3.8, 4) is 0 Å². The maximum absolute atomic E-state index is 12.4. The van der Waals surface area contributed by atoms with Crippen LogP contribution in [0, 0.1) is 0 Å². The average Bonchev–Trinajstić information content (AvgIpc) is 2.67. The summed E-state index contributed by atoms with van der Waals surface area (Å²) in [4.78, 5) is 21.0. The Morgan fingerprint density at radius 2 is 1.85 bits per heavy atom. The molecule has 1 fully saturated rings. The minimum absolute atomic E-state index is 0. The minimum atomic E-state index is 0. The molecule has 1 aliphatic heterocycles. The molecule has 0 radical (unpaired) electrons. The highest BCUT2D eigenvalue weighted by Crippen LogP contribution is 2.15. The number of carbonyl (C=O) groups is 1. The van der Waals surface area contributed by atoms with Crippen molar-refractivity contribution < 1.29 is 9.53 Å². The first-order valence-electron chi connectivity index (χ1n) is 8.83. The number of ether oxygens (including phenoxy) is 1. The lowest BCUT2D eigenvalue weighted by molar-refractivity contribution is -0.129. The van der Waals surface area contributed by atoms with Gasteiger partial charge in [0.05, 0.1) is 6.61 Å². The van der Waals surface area contributed by atoms with E-state index < -0.39 is 0 Å². The Kier molecular flexibility index (Phi) is 11.0. The van der Waals surface area contributed by atoms with Crippen LogP contribution >= 0.6 is 24.0 Å². The molecule has 2 N–H and O–H groups in total. The fraction of sp³-hybridized carbons (Fsp3) is 0.556. The second kappa shape index (κ2) is 12.7. The van der Waals surface area contributed by atoms with Crippen LogP contribution in [0.5, 0.6) is 0 Å². The molecule has 8 heteroatoms. The molecule has 2 rings (SSSR count). The van der Waals surface area contributed by atoms with Gasteiger partial charge in [-0.05, 0) is 19.1 Å². The lowest BCUT2D eigenvalue weighted by Crippen LogP contribution is -2.49. The van der Waals surface area contributed by atoms with Gasteiger partial charge >= 0.3 is 0 Å². The van der Waals surface area contributed by atoms with Crippen molar-refractivity contribution in [1.82, 2.24) is 15.5 Å². The molecule has 0 saturated carbocycles. The fourth-order valence-corrected chi connectivity index (χ4v) is 2.71. The van der Waals surface area contributed by atoms with Crippen LogP contribution in [0.2, 0.25) is 0 Å². The zero-order chi connectivity index (χ0) is 17.9. The molecule has 26 heavy (non-hydrogen) atoms. The summed E-state index contributed by atoms with van der Waals surface area (Å²) in [5.74, 6) is 0.715. The van der Waals surface area contributed by atoms with Gasteiger partial charge in [-0.2, -0.15) is 0 Å². The van der Waals surface area contributed by atoms with E-state index in [1.807, 2.05) is 30.0 Å². The first-order chi connectivity index (χ1) is 12.2. The van der Waals surface area contributed by atoms with Crippen molar-refractivity contribution in [3.63, 3.8) is 0 Å². The van der Waals surface area contributed by atoms with Gasteiger partial charge < -0.3 is 25.2 Å². The number of piperazine rings is 1. The third-order valence-corrected chi connectivity index (χ3v) is 4.07. The second-order valence-corrected chi connectivity index (χ2v) is 5.82. The molecule has 1 heterocycles. The predicted molar refractivity (Wildman–Crippen MR) is 117 cm³/mol. The first-order valence-corrected chi connectivity index (χ1v) is 8.83. The number of hydrogen-bond donors (Lipinski definition) is 2. The number of guanidine groups is 1. The number of anilines is 1. The molecule has 0 atom stereocenters. The van der Waals surface area contributed by atoms with Crippen molar-refractivity contribution in [3.05, 3.63) is 30.3 Å². The summed E-state index contributed by atoms with van der Waals surface area (Å²) in [5.41, 5.74) is 1.21. The van der Waals surface area contributed by atoms with Crippen LogP contribution in [0.1, 0.15) is 6.92 Å². The molecule has 1 saturated heterocycles. The summed E-state index contributed by atoms with van der Waals surface area (Å²) in [5, 5.41) is 6.28. The van der Waals surface area contributed by atoms with E-state index in [1.54, 1.807) is 7.11 Å². The molecule has 0 bridgehead atoms. The van der Waals surface area contributed by atoms with E-state index >= 15 is 0 Å². The Hall–Kier alpha value is -1.55. The van der Waals surface area contributed by atoms with E-state index in [0.717, 1.165) is 32.7 Å². The number of amides is 1. The van der Waals surface area contributed by atoms with E-state index in [4.69, 9.17) is 4.74 Å². The molecule has 1 amide bonds. The van der Waals surface area contributed by atoms with E-state index in [9.17, 15) is 4.79 Å². The Morgan fingerprint density at radius 3 is 2.46 bits per heavy atom. The number of para-hydroxylation sites is 1. The molecule has 0 aromatic heterocycles. The molecule has 7 nitrogen and oxygen atoms in total. The summed E-state index contributed by atoms with van der Waals surface area (Å²) in [6.07, 6.45) is 0. The average molecular weight is 475 g/mol. The quantitative estimate of drug-likeness (QED) is 0.268. The van der Waals surface area contributed by atoms with Gasteiger partial charge in [0.25, 0.3) is 0 Å². The Balaban J connectivity index is 0.00000338. The van der Waals surface area contributed by atoms with Crippen LogP contribution < -0.4 is 15.5 Å². The molecular formula is C18H30IN5O2. The summed E-state index contributed by atoms with van der Waals surface area (Å²) < 4.78 is 5.01. The summed E-state index contributed by atoms with van der Waals surface area (Å²) in [6, 6.07) is 10.3. The molecule has 1 aliphatic rings. The Labute approximate surface area is 173 Å². The maximum atomic E-state index is 12.4. The van der Waals surface area contributed by atoms with Gasteiger partial charge in [0.15, 0.2) is 5.96 Å². The van der Waals surface area contributed by atoms with Crippen molar-refractivity contribution in [1.29, 1.82) is 0 Å². The highest BCUT2D eigenvalue weighted by atomic mass is 127. The summed E-state index contributed by atoms with van der Waals surface area (Å²) >= 11 is 0. The second-order valence-electron chi connectivity index (χ2n) is 5.82. The van der Waals surface area contributed by atoms with Crippen LogP contribution in [0.25, 0.3) is 0 Å². The van der Waals surface area contributed by atoms with Crippen molar-refractivity contribution in [2.75, 3.05) is 64.4 Å². The summed E-state index contributed by atoms with van der Waals surface area (Å²) in [6.45, 7) is 7.34. The van der Waals surface area contributed by atoms with Crippen molar-refractivity contribution in [2.24, 2.45) is 4.99 Å². The van der Waals surface area contributed by atoms with Crippen molar-refractivity contribution in [2.45, 2.75) is 6.92 Å². The molecular weight excluding hydrogens is 445 g/mol. The van der Waals surface area contributed by atoms with E-state index in [0.29, 0.717) is 19.1 Å². The van der Waals surface area contributed by atoms with Crippen molar-refractivity contribution >= 4 is 41.5 Å². The van der Waals surface area contributed by atoms with Gasteiger partial charge in [-0.1, -0.05) is 18.2 Å². The number of halogens is 1. The van der Waals surface area contributed by atoms with Crippen LogP contribution in [-0.4, -0.2) is 76.3 Å². The number of methoxy groups -OCH3 is 1. The topological polar surface area (TPSA) is 69.2 Å². The molecule has 0 spiro atoms. The van der Waals surface area contributed by atoms with Crippen LogP contribution in [0.4, 0.5) is 5.69 Å². The number of carbonyl (C=O) groups excluding carboxylic acids is 1. The third-order valence-electron chi connectivity index (χ3n) is 4.07. The van der Waals surface area contributed by atoms with Gasteiger partial charge in [0.1, 0.15) is 6.54 Å². The van der Waals surface area contributed by atoms with E-state index in [-0.39, 0.29) is 36.4 Å². The SMILES string of the molecule is CCNC(=NCC(=O)N1CCN(c2ccccc2)CC1)NCCOC.I. The van der Waals surface area contributed by atoms with E-state index in [1.165, 1.54) is 5.69 Å². The number of benzene rings is 1. The smallest absolute Gasteiger partial charge is 0.244 e. The number of nitrogens with one attached hydrogen (secondary N) is 2. The van der Waals surface area contributed by atoms with Gasteiger partial charge in [-0.3, -0.25) is 4.79 Å². The molecule has 1 aromatic rings. The monoisotopic (exact) mass is 475 g/mol. The number of hydrogen-bond acceptors (Lipinski definition) is 4. The first kappa shape index (κ1) is 22.5. The molecule has 146 valence electrons. The van der Waals surface area contributed by atoms with Crippen LogP contribution in [0.15, 0.2) is 35.3 Å². The zero-order valence-electron chi connectivity index (χ0n) is 15.6. The molecule has 0 aliphatic carbocycles. The lowest BCUT2D eigenvalue weighted by Gasteiger charge is -2.36. The zero-order valence-corrected chi connectivity index (χ0v) is 17.9. The van der Waals surface area contributed by atoms with Gasteiger partial charge in [-0.25, -0.2) is 4.99 Å². The molecule has 0 unspecified atom stereocenters.